The minimum Gasteiger partial charge on any atom is -0.497 e. The fourth-order valence-electron chi connectivity index (χ4n) is 6.09. The molecule has 150 valence electrons. The first-order valence-electron chi connectivity index (χ1n) is 10.3. The summed E-state index contributed by atoms with van der Waals surface area (Å²) in [6.45, 7) is 6.06. The Hall–Kier alpha value is -2.46. The number of ether oxygens (including phenoxy) is 2. The Labute approximate surface area is 171 Å². The Kier molecular flexibility index (Phi) is 4.18. The summed E-state index contributed by atoms with van der Waals surface area (Å²) in [5, 5.41) is 0. The van der Waals surface area contributed by atoms with E-state index in [1.165, 1.54) is 0 Å². The highest BCUT2D eigenvalue weighted by Gasteiger charge is 2.66. The van der Waals surface area contributed by atoms with Gasteiger partial charge in [0.15, 0.2) is 11.6 Å². The molecule has 1 unspecified atom stereocenters. The molecule has 2 aromatic rings. The van der Waals surface area contributed by atoms with Crippen LogP contribution in [0.2, 0.25) is 0 Å². The molecular weight excluding hydrogens is 364 g/mol. The average molecular weight is 390 g/mol. The van der Waals surface area contributed by atoms with Gasteiger partial charge in [-0.1, -0.05) is 29.8 Å². The minimum atomic E-state index is -0.636. The van der Waals surface area contributed by atoms with Gasteiger partial charge in [0.2, 0.25) is 0 Å². The molecule has 2 aromatic carbocycles. The molecule has 0 spiro atoms. The predicted octanol–water partition coefficient (Wildman–Crippen LogP) is 4.04. The molecule has 0 aromatic heterocycles. The number of carbonyl (C=O) groups is 2. The SMILES string of the molecule is COc1cccc([C@@H]2C[C@@H]3O[C@H]2[C@H]2C(=O)C(c4c(C)cc(C)cc4C)C(=O)[C@H]23)c1. The van der Waals surface area contributed by atoms with Gasteiger partial charge in [-0.25, -0.2) is 0 Å². The highest BCUT2D eigenvalue weighted by molar-refractivity contribution is 6.17. The van der Waals surface area contributed by atoms with Crippen LogP contribution >= 0.6 is 0 Å². The maximum Gasteiger partial charge on any atom is 0.154 e. The van der Waals surface area contributed by atoms with Crippen molar-refractivity contribution in [1.82, 2.24) is 0 Å². The van der Waals surface area contributed by atoms with Crippen molar-refractivity contribution in [3.05, 3.63) is 64.2 Å². The van der Waals surface area contributed by atoms with Crippen LogP contribution in [0, 0.1) is 32.6 Å². The molecule has 6 atom stereocenters. The van der Waals surface area contributed by atoms with Crippen LogP contribution in [0.4, 0.5) is 0 Å². The number of Topliss-reactive ketones (excluding diaryl/α,β-unsaturated/α-hetero) is 2. The lowest BCUT2D eigenvalue weighted by Gasteiger charge is -2.26. The van der Waals surface area contributed by atoms with E-state index in [0.717, 1.165) is 40.0 Å². The van der Waals surface area contributed by atoms with Crippen LogP contribution in [0.5, 0.6) is 5.75 Å². The molecule has 2 saturated heterocycles. The van der Waals surface area contributed by atoms with E-state index in [4.69, 9.17) is 9.47 Å². The number of aryl methyl sites for hydroxylation is 3. The topological polar surface area (TPSA) is 52.6 Å². The molecule has 1 saturated carbocycles. The molecule has 3 fully saturated rings. The molecular formula is C25H26O4. The van der Waals surface area contributed by atoms with Crippen molar-refractivity contribution in [3.63, 3.8) is 0 Å². The summed E-state index contributed by atoms with van der Waals surface area (Å²) in [7, 11) is 1.66. The van der Waals surface area contributed by atoms with Crippen LogP contribution in [0.3, 0.4) is 0 Å². The predicted molar refractivity (Wildman–Crippen MR) is 109 cm³/mol. The van der Waals surface area contributed by atoms with Crippen LogP contribution in [-0.4, -0.2) is 30.9 Å². The molecule has 0 radical (unpaired) electrons. The third-order valence-corrected chi connectivity index (χ3v) is 7.13. The molecule has 29 heavy (non-hydrogen) atoms. The van der Waals surface area contributed by atoms with Crippen molar-refractivity contribution >= 4 is 11.6 Å². The van der Waals surface area contributed by atoms with Gasteiger partial charge in [0, 0.05) is 5.92 Å². The molecule has 2 heterocycles. The van der Waals surface area contributed by atoms with Gasteiger partial charge >= 0.3 is 0 Å². The first kappa shape index (κ1) is 18.6. The van der Waals surface area contributed by atoms with Crippen LogP contribution < -0.4 is 4.74 Å². The van der Waals surface area contributed by atoms with Crippen LogP contribution in [-0.2, 0) is 14.3 Å². The zero-order chi connectivity index (χ0) is 20.4. The standard InChI is InChI=1S/C25H26O4/c1-12-8-13(2)19(14(3)9-12)21-23(26)20-18-11-17(25(29-18)22(20)24(21)27)15-6-5-7-16(10-15)28-4/h5-10,17-18,20-22,25H,11H2,1-4H3/t17-,18-,20-,21?,22+,25+/m0/s1. The summed E-state index contributed by atoms with van der Waals surface area (Å²) in [6, 6.07) is 12.1. The van der Waals surface area contributed by atoms with Crippen molar-refractivity contribution in [2.45, 2.75) is 51.2 Å². The molecule has 4 nitrogen and oxygen atoms in total. The Balaban J connectivity index is 1.51. The van der Waals surface area contributed by atoms with Crippen molar-refractivity contribution in [3.8, 4) is 5.75 Å². The van der Waals surface area contributed by atoms with Gasteiger partial charge < -0.3 is 9.47 Å². The van der Waals surface area contributed by atoms with Gasteiger partial charge in [-0.3, -0.25) is 9.59 Å². The minimum absolute atomic E-state index is 0.0511. The summed E-state index contributed by atoms with van der Waals surface area (Å²) in [5.41, 5.74) is 5.26. The van der Waals surface area contributed by atoms with Crippen molar-refractivity contribution < 1.29 is 19.1 Å². The Bertz CT molecular complexity index is 1000. The van der Waals surface area contributed by atoms with Gasteiger partial charge in [-0.2, -0.15) is 0 Å². The molecule has 2 aliphatic heterocycles. The second kappa shape index (κ2) is 6.53. The van der Waals surface area contributed by atoms with Crippen molar-refractivity contribution in [1.29, 1.82) is 0 Å². The van der Waals surface area contributed by atoms with Gasteiger partial charge in [0.1, 0.15) is 11.7 Å². The maximum atomic E-state index is 13.6. The van der Waals surface area contributed by atoms with E-state index in [0.29, 0.717) is 0 Å². The number of fused-ring (bicyclic) bond motifs is 5. The maximum absolute atomic E-state index is 13.6. The van der Waals surface area contributed by atoms with E-state index < -0.39 is 5.92 Å². The Morgan fingerprint density at radius 3 is 2.34 bits per heavy atom. The number of hydrogen-bond acceptors (Lipinski definition) is 4. The van der Waals surface area contributed by atoms with E-state index in [9.17, 15) is 9.59 Å². The van der Waals surface area contributed by atoms with E-state index in [1.807, 2.05) is 39.0 Å². The van der Waals surface area contributed by atoms with Gasteiger partial charge in [-0.15, -0.1) is 0 Å². The highest BCUT2D eigenvalue weighted by Crippen LogP contribution is 2.57. The highest BCUT2D eigenvalue weighted by atomic mass is 16.5. The second-order valence-corrected chi connectivity index (χ2v) is 8.86. The summed E-state index contributed by atoms with van der Waals surface area (Å²) >= 11 is 0. The lowest BCUT2D eigenvalue weighted by atomic mass is 9.73. The summed E-state index contributed by atoms with van der Waals surface area (Å²) in [6.07, 6.45) is 0.412. The number of carbonyl (C=O) groups excluding carboxylic acids is 2. The second-order valence-electron chi connectivity index (χ2n) is 8.86. The third-order valence-electron chi connectivity index (χ3n) is 7.13. The largest absolute Gasteiger partial charge is 0.497 e. The van der Waals surface area contributed by atoms with E-state index >= 15 is 0 Å². The summed E-state index contributed by atoms with van der Waals surface area (Å²) < 4.78 is 11.6. The van der Waals surface area contributed by atoms with E-state index in [-0.39, 0.29) is 41.5 Å². The van der Waals surface area contributed by atoms with Crippen LogP contribution in [0.1, 0.15) is 46.1 Å². The van der Waals surface area contributed by atoms with Gasteiger partial charge in [0.25, 0.3) is 0 Å². The quantitative estimate of drug-likeness (QED) is 0.742. The van der Waals surface area contributed by atoms with E-state index in [2.05, 4.69) is 18.2 Å². The summed E-state index contributed by atoms with van der Waals surface area (Å²) in [4.78, 5) is 27.0. The third kappa shape index (κ3) is 2.62. The Morgan fingerprint density at radius 1 is 0.966 bits per heavy atom. The van der Waals surface area contributed by atoms with E-state index in [1.54, 1.807) is 7.11 Å². The van der Waals surface area contributed by atoms with Gasteiger partial charge in [0.05, 0.1) is 31.2 Å². The van der Waals surface area contributed by atoms with Crippen molar-refractivity contribution in [2.24, 2.45) is 11.8 Å². The number of benzene rings is 2. The fourth-order valence-corrected chi connectivity index (χ4v) is 6.09. The van der Waals surface area contributed by atoms with Crippen LogP contribution in [0.25, 0.3) is 0 Å². The number of rotatable bonds is 3. The molecule has 0 amide bonds. The zero-order valence-electron chi connectivity index (χ0n) is 17.3. The normalized spacial score (nSPS) is 32.7. The molecule has 4 heteroatoms. The average Bonchev–Trinajstić information content (AvgIpc) is 3.34. The number of methoxy groups -OCH3 is 1. The molecule has 3 aliphatic rings. The fraction of sp³-hybridized carbons (Fsp3) is 0.440. The number of hydrogen-bond donors (Lipinski definition) is 0. The molecule has 1 aliphatic carbocycles. The smallest absolute Gasteiger partial charge is 0.154 e. The first-order chi connectivity index (χ1) is 13.9. The number of ketones is 2. The monoisotopic (exact) mass is 390 g/mol. The van der Waals surface area contributed by atoms with Gasteiger partial charge in [-0.05, 0) is 61.6 Å². The molecule has 0 N–H and O–H groups in total. The Morgan fingerprint density at radius 2 is 1.66 bits per heavy atom. The lowest BCUT2D eigenvalue weighted by molar-refractivity contribution is -0.127. The summed E-state index contributed by atoms with van der Waals surface area (Å²) in [5.74, 6) is -0.209. The zero-order valence-corrected chi connectivity index (χ0v) is 17.3. The van der Waals surface area contributed by atoms with Crippen LogP contribution in [0.15, 0.2) is 36.4 Å². The van der Waals surface area contributed by atoms with Crippen molar-refractivity contribution in [2.75, 3.05) is 7.11 Å². The molecule has 2 bridgehead atoms. The first-order valence-corrected chi connectivity index (χ1v) is 10.3. The molecule has 5 rings (SSSR count). The lowest BCUT2D eigenvalue weighted by Crippen LogP contribution is -2.34.